The third-order valence-corrected chi connectivity index (χ3v) is 3.41. The van der Waals surface area contributed by atoms with E-state index in [4.69, 9.17) is 16.3 Å². The van der Waals surface area contributed by atoms with Crippen LogP contribution in [0.25, 0.3) is 10.9 Å². The Morgan fingerprint density at radius 2 is 1.95 bits per heavy atom. The van der Waals surface area contributed by atoms with Crippen LogP contribution < -0.4 is 4.74 Å². The van der Waals surface area contributed by atoms with Crippen molar-refractivity contribution >= 4 is 22.5 Å². The molecular formula is C16H10ClF2NO. The lowest BCUT2D eigenvalue weighted by Gasteiger charge is -2.10. The van der Waals surface area contributed by atoms with Gasteiger partial charge in [0.2, 0.25) is 0 Å². The Kier molecular flexibility index (Phi) is 3.71. The number of halogens is 3. The minimum absolute atomic E-state index is 0.00423. The summed E-state index contributed by atoms with van der Waals surface area (Å²) < 4.78 is 31.8. The van der Waals surface area contributed by atoms with Crippen molar-refractivity contribution in [2.75, 3.05) is 0 Å². The summed E-state index contributed by atoms with van der Waals surface area (Å²) in [5, 5.41) is 1.40. The molecule has 0 saturated heterocycles. The van der Waals surface area contributed by atoms with Crippen molar-refractivity contribution in [1.82, 2.24) is 4.98 Å². The van der Waals surface area contributed by atoms with E-state index < -0.39 is 11.6 Å². The SMILES string of the molecule is Fc1ccc(OCc2ccc(Cl)c3cccnc23)c(F)c1. The summed E-state index contributed by atoms with van der Waals surface area (Å²) >= 11 is 6.11. The normalized spacial score (nSPS) is 10.8. The number of hydrogen-bond donors (Lipinski definition) is 0. The molecule has 0 aliphatic carbocycles. The van der Waals surface area contributed by atoms with Crippen molar-refractivity contribution in [3.63, 3.8) is 0 Å². The second kappa shape index (κ2) is 5.66. The molecule has 1 aromatic heterocycles. The summed E-state index contributed by atoms with van der Waals surface area (Å²) in [7, 11) is 0. The predicted octanol–water partition coefficient (Wildman–Crippen LogP) is 4.75. The van der Waals surface area contributed by atoms with Gasteiger partial charge in [0.1, 0.15) is 12.4 Å². The van der Waals surface area contributed by atoms with Crippen LogP contribution in [0.1, 0.15) is 5.56 Å². The Morgan fingerprint density at radius 3 is 2.76 bits per heavy atom. The molecule has 3 rings (SSSR count). The lowest BCUT2D eigenvalue weighted by Crippen LogP contribution is -1.99. The number of nitrogens with zero attached hydrogens (tertiary/aromatic N) is 1. The smallest absolute Gasteiger partial charge is 0.167 e. The highest BCUT2D eigenvalue weighted by molar-refractivity contribution is 6.35. The van der Waals surface area contributed by atoms with Gasteiger partial charge >= 0.3 is 0 Å². The first-order valence-electron chi connectivity index (χ1n) is 6.25. The van der Waals surface area contributed by atoms with Gasteiger partial charge < -0.3 is 4.74 Å². The van der Waals surface area contributed by atoms with Crippen molar-refractivity contribution in [2.24, 2.45) is 0 Å². The molecule has 0 spiro atoms. The van der Waals surface area contributed by atoms with Crippen molar-refractivity contribution in [2.45, 2.75) is 6.61 Å². The van der Waals surface area contributed by atoms with Crippen LogP contribution in [0.2, 0.25) is 5.02 Å². The van der Waals surface area contributed by atoms with Gasteiger partial charge in [-0.15, -0.1) is 0 Å². The van der Waals surface area contributed by atoms with Gasteiger partial charge in [0.05, 0.1) is 5.52 Å². The number of pyridine rings is 1. The summed E-state index contributed by atoms with van der Waals surface area (Å²) in [6.45, 7) is 0.118. The van der Waals surface area contributed by atoms with Crippen molar-refractivity contribution in [3.8, 4) is 5.75 Å². The van der Waals surface area contributed by atoms with E-state index in [0.29, 0.717) is 10.5 Å². The zero-order valence-corrected chi connectivity index (χ0v) is 11.6. The van der Waals surface area contributed by atoms with Gasteiger partial charge in [-0.2, -0.15) is 0 Å². The zero-order valence-electron chi connectivity index (χ0n) is 10.8. The summed E-state index contributed by atoms with van der Waals surface area (Å²) in [6.07, 6.45) is 1.65. The van der Waals surface area contributed by atoms with E-state index in [-0.39, 0.29) is 12.4 Å². The predicted molar refractivity (Wildman–Crippen MR) is 77.4 cm³/mol. The maximum atomic E-state index is 13.5. The number of fused-ring (bicyclic) bond motifs is 1. The fourth-order valence-electron chi connectivity index (χ4n) is 2.06. The van der Waals surface area contributed by atoms with Crippen molar-refractivity contribution < 1.29 is 13.5 Å². The van der Waals surface area contributed by atoms with E-state index in [0.717, 1.165) is 23.1 Å². The molecular weight excluding hydrogens is 296 g/mol. The van der Waals surface area contributed by atoms with Gasteiger partial charge in [-0.25, -0.2) is 8.78 Å². The fraction of sp³-hybridized carbons (Fsp3) is 0.0625. The maximum Gasteiger partial charge on any atom is 0.167 e. The Balaban J connectivity index is 1.90. The first-order chi connectivity index (χ1) is 10.1. The number of aromatic nitrogens is 1. The van der Waals surface area contributed by atoms with Crippen LogP contribution in [0.5, 0.6) is 5.75 Å². The second-order valence-corrected chi connectivity index (χ2v) is 4.88. The second-order valence-electron chi connectivity index (χ2n) is 4.47. The van der Waals surface area contributed by atoms with Crippen molar-refractivity contribution in [3.05, 3.63) is 70.9 Å². The molecule has 2 aromatic carbocycles. The Bertz CT molecular complexity index is 807. The Labute approximate surface area is 125 Å². The summed E-state index contributed by atoms with van der Waals surface area (Å²) in [4.78, 5) is 4.27. The van der Waals surface area contributed by atoms with Crippen LogP contribution in [-0.2, 0) is 6.61 Å². The molecule has 0 aliphatic heterocycles. The van der Waals surface area contributed by atoms with E-state index in [1.165, 1.54) is 6.07 Å². The molecule has 106 valence electrons. The number of ether oxygens (including phenoxy) is 1. The van der Waals surface area contributed by atoms with Crippen LogP contribution in [0.4, 0.5) is 8.78 Å². The summed E-state index contributed by atoms with van der Waals surface area (Å²) in [5.74, 6) is -1.38. The summed E-state index contributed by atoms with van der Waals surface area (Å²) in [6, 6.07) is 10.4. The van der Waals surface area contributed by atoms with E-state index in [1.807, 2.05) is 6.07 Å². The van der Waals surface area contributed by atoms with Gasteiger partial charge in [0.25, 0.3) is 0 Å². The molecule has 21 heavy (non-hydrogen) atoms. The lowest BCUT2D eigenvalue weighted by molar-refractivity contribution is 0.290. The van der Waals surface area contributed by atoms with E-state index in [1.54, 1.807) is 24.4 Å². The first kappa shape index (κ1) is 13.8. The molecule has 1 heterocycles. The largest absolute Gasteiger partial charge is 0.486 e. The van der Waals surface area contributed by atoms with Gasteiger partial charge in [0, 0.05) is 28.2 Å². The Hall–Kier alpha value is -2.20. The van der Waals surface area contributed by atoms with Crippen LogP contribution >= 0.6 is 11.6 Å². The monoisotopic (exact) mass is 305 g/mol. The number of benzene rings is 2. The third-order valence-electron chi connectivity index (χ3n) is 3.08. The van der Waals surface area contributed by atoms with Crippen LogP contribution in [0.15, 0.2) is 48.7 Å². The molecule has 0 bridgehead atoms. The highest BCUT2D eigenvalue weighted by Gasteiger charge is 2.09. The van der Waals surface area contributed by atoms with Crippen molar-refractivity contribution in [1.29, 1.82) is 0 Å². The highest BCUT2D eigenvalue weighted by atomic mass is 35.5. The molecule has 0 amide bonds. The standard InChI is InChI=1S/C16H10ClF2NO/c17-13-5-3-10(16-12(13)2-1-7-20-16)9-21-15-6-4-11(18)8-14(15)19/h1-8H,9H2. The summed E-state index contributed by atoms with van der Waals surface area (Å²) in [5.41, 5.74) is 1.48. The topological polar surface area (TPSA) is 22.1 Å². The minimum Gasteiger partial charge on any atom is -0.486 e. The minimum atomic E-state index is -0.735. The third kappa shape index (κ3) is 2.81. The lowest BCUT2D eigenvalue weighted by atomic mass is 10.1. The molecule has 0 fully saturated rings. The molecule has 5 heteroatoms. The molecule has 2 nitrogen and oxygen atoms in total. The molecule has 0 saturated carbocycles. The Morgan fingerprint density at radius 1 is 1.10 bits per heavy atom. The average Bonchev–Trinajstić information content (AvgIpc) is 2.48. The molecule has 0 radical (unpaired) electrons. The average molecular weight is 306 g/mol. The van der Waals surface area contributed by atoms with Crippen LogP contribution in [-0.4, -0.2) is 4.98 Å². The highest BCUT2D eigenvalue weighted by Crippen LogP contribution is 2.26. The maximum absolute atomic E-state index is 13.5. The molecule has 0 atom stereocenters. The van der Waals surface area contributed by atoms with Gasteiger partial charge in [-0.3, -0.25) is 4.98 Å². The van der Waals surface area contributed by atoms with Gasteiger partial charge in [-0.1, -0.05) is 17.7 Å². The van der Waals surface area contributed by atoms with Crippen LogP contribution in [0, 0.1) is 11.6 Å². The van der Waals surface area contributed by atoms with E-state index in [2.05, 4.69) is 4.98 Å². The molecule has 3 aromatic rings. The van der Waals surface area contributed by atoms with Gasteiger partial charge in [-0.05, 0) is 30.3 Å². The molecule has 0 unspecified atom stereocenters. The zero-order chi connectivity index (χ0) is 14.8. The molecule has 0 aliphatic rings. The number of rotatable bonds is 3. The van der Waals surface area contributed by atoms with E-state index in [9.17, 15) is 8.78 Å². The van der Waals surface area contributed by atoms with E-state index >= 15 is 0 Å². The quantitative estimate of drug-likeness (QED) is 0.697. The number of hydrogen-bond acceptors (Lipinski definition) is 2. The molecule has 0 N–H and O–H groups in total. The van der Waals surface area contributed by atoms with Crippen LogP contribution in [0.3, 0.4) is 0 Å². The first-order valence-corrected chi connectivity index (χ1v) is 6.63. The van der Waals surface area contributed by atoms with Gasteiger partial charge in [0.15, 0.2) is 11.6 Å². The fourth-order valence-corrected chi connectivity index (χ4v) is 2.28.